The zero-order valence-corrected chi connectivity index (χ0v) is 10.9. The molecule has 3 nitrogen and oxygen atoms in total. The summed E-state index contributed by atoms with van der Waals surface area (Å²) in [5.41, 5.74) is 2.65. The lowest BCUT2D eigenvalue weighted by Gasteiger charge is -2.07. The van der Waals surface area contributed by atoms with Crippen LogP contribution in [0.2, 0.25) is 0 Å². The average Bonchev–Trinajstić information content (AvgIpc) is 2.80. The topological polar surface area (TPSA) is 44.9 Å². The Bertz CT molecular complexity index is 792. The smallest absolute Gasteiger partial charge is 0.258 e. The fourth-order valence-corrected chi connectivity index (χ4v) is 2.24. The Kier molecular flexibility index (Phi) is 2.99. The Hall–Kier alpha value is -2.62. The molecule has 3 aromatic rings. The molecule has 0 atom stereocenters. The van der Waals surface area contributed by atoms with E-state index < -0.39 is 11.7 Å². The van der Waals surface area contributed by atoms with E-state index in [4.69, 9.17) is 0 Å². The number of aromatic nitrogens is 1. The van der Waals surface area contributed by atoms with E-state index in [0.29, 0.717) is 5.69 Å². The van der Waals surface area contributed by atoms with Gasteiger partial charge in [0, 0.05) is 16.6 Å². The van der Waals surface area contributed by atoms with E-state index in [1.807, 2.05) is 25.1 Å². The Balaban J connectivity index is 1.97. The minimum Gasteiger partial charge on any atom is -0.359 e. The van der Waals surface area contributed by atoms with E-state index >= 15 is 0 Å². The van der Waals surface area contributed by atoms with E-state index in [1.165, 1.54) is 12.1 Å². The van der Waals surface area contributed by atoms with Crippen LogP contribution in [0, 0.1) is 12.7 Å². The van der Waals surface area contributed by atoms with Gasteiger partial charge < -0.3 is 10.3 Å². The summed E-state index contributed by atoms with van der Waals surface area (Å²) in [6.45, 7) is 1.95. The van der Waals surface area contributed by atoms with Gasteiger partial charge in [0.05, 0.1) is 11.3 Å². The van der Waals surface area contributed by atoms with Crippen molar-refractivity contribution in [2.24, 2.45) is 0 Å². The van der Waals surface area contributed by atoms with Gasteiger partial charge in [0.2, 0.25) is 0 Å². The lowest BCUT2D eigenvalue weighted by molar-refractivity contribution is 0.102. The number of fused-ring (bicyclic) bond motifs is 1. The van der Waals surface area contributed by atoms with Crippen LogP contribution in [0.15, 0.2) is 48.5 Å². The number of nitrogens with one attached hydrogen (secondary N) is 2. The summed E-state index contributed by atoms with van der Waals surface area (Å²) in [5.74, 6) is -0.975. The number of rotatable bonds is 2. The maximum atomic E-state index is 13.6. The van der Waals surface area contributed by atoms with Crippen LogP contribution in [0.3, 0.4) is 0 Å². The lowest BCUT2D eigenvalue weighted by Crippen LogP contribution is -2.13. The molecule has 1 heterocycles. The number of H-pyrrole nitrogens is 1. The fourth-order valence-electron chi connectivity index (χ4n) is 2.24. The lowest BCUT2D eigenvalue weighted by atomic mass is 10.1. The maximum Gasteiger partial charge on any atom is 0.258 e. The van der Waals surface area contributed by atoms with Crippen LogP contribution >= 0.6 is 0 Å². The molecule has 0 saturated heterocycles. The quantitative estimate of drug-likeness (QED) is 0.728. The van der Waals surface area contributed by atoms with Crippen LogP contribution in [0.5, 0.6) is 0 Å². The number of hydrogen-bond acceptors (Lipinski definition) is 1. The molecular weight excluding hydrogens is 255 g/mol. The van der Waals surface area contributed by atoms with Gasteiger partial charge in [-0.2, -0.15) is 0 Å². The molecule has 20 heavy (non-hydrogen) atoms. The summed E-state index contributed by atoms with van der Waals surface area (Å²) in [6.07, 6.45) is 0. The van der Waals surface area contributed by atoms with Crippen molar-refractivity contribution in [2.45, 2.75) is 6.92 Å². The molecule has 0 aliphatic heterocycles. The van der Waals surface area contributed by atoms with Crippen LogP contribution in [0.25, 0.3) is 10.9 Å². The zero-order valence-electron chi connectivity index (χ0n) is 10.9. The van der Waals surface area contributed by atoms with Gasteiger partial charge in [0.1, 0.15) is 5.82 Å². The van der Waals surface area contributed by atoms with Crippen LogP contribution in [-0.2, 0) is 0 Å². The first-order valence-electron chi connectivity index (χ1n) is 6.29. The number of halogens is 1. The highest BCUT2D eigenvalue weighted by Gasteiger charge is 2.12. The van der Waals surface area contributed by atoms with Gasteiger partial charge in [-0.05, 0) is 37.3 Å². The minimum absolute atomic E-state index is 0.0387. The Labute approximate surface area is 115 Å². The Morgan fingerprint density at radius 1 is 1.15 bits per heavy atom. The van der Waals surface area contributed by atoms with E-state index in [0.717, 1.165) is 16.6 Å². The third-order valence-electron chi connectivity index (χ3n) is 3.17. The van der Waals surface area contributed by atoms with Gasteiger partial charge in [-0.1, -0.05) is 18.2 Å². The van der Waals surface area contributed by atoms with Gasteiger partial charge in [-0.15, -0.1) is 0 Å². The molecule has 2 N–H and O–H groups in total. The minimum atomic E-state index is -0.526. The SMILES string of the molecule is Cc1cc2c(NC(=O)c3ccccc3F)cccc2[nH]1. The molecule has 2 aromatic carbocycles. The Morgan fingerprint density at radius 3 is 2.75 bits per heavy atom. The summed E-state index contributed by atoms with van der Waals surface area (Å²) >= 11 is 0. The third kappa shape index (κ3) is 2.16. The first-order chi connectivity index (χ1) is 9.65. The first-order valence-corrected chi connectivity index (χ1v) is 6.29. The molecule has 100 valence electrons. The van der Waals surface area contributed by atoms with Gasteiger partial charge in [-0.3, -0.25) is 4.79 Å². The fraction of sp³-hybridized carbons (Fsp3) is 0.0625. The summed E-state index contributed by atoms with van der Waals surface area (Å²) in [4.78, 5) is 15.3. The second kappa shape index (κ2) is 4.81. The monoisotopic (exact) mass is 268 g/mol. The van der Waals surface area contributed by atoms with Gasteiger partial charge in [0.25, 0.3) is 5.91 Å². The summed E-state index contributed by atoms with van der Waals surface area (Å²) in [7, 11) is 0. The predicted octanol–water partition coefficient (Wildman–Crippen LogP) is 3.87. The molecule has 4 heteroatoms. The number of anilines is 1. The number of carbonyl (C=O) groups is 1. The highest BCUT2D eigenvalue weighted by molar-refractivity contribution is 6.09. The van der Waals surface area contributed by atoms with Crippen molar-refractivity contribution in [2.75, 3.05) is 5.32 Å². The molecule has 0 radical (unpaired) electrons. The van der Waals surface area contributed by atoms with Crippen LogP contribution in [-0.4, -0.2) is 10.9 Å². The molecule has 0 aliphatic rings. The normalized spacial score (nSPS) is 10.7. The zero-order chi connectivity index (χ0) is 14.1. The van der Waals surface area contributed by atoms with Crippen LogP contribution in [0.1, 0.15) is 16.1 Å². The van der Waals surface area contributed by atoms with E-state index in [-0.39, 0.29) is 5.56 Å². The average molecular weight is 268 g/mol. The maximum absolute atomic E-state index is 13.6. The highest BCUT2D eigenvalue weighted by Crippen LogP contribution is 2.24. The van der Waals surface area contributed by atoms with Gasteiger partial charge in [0.15, 0.2) is 0 Å². The molecule has 1 amide bonds. The molecule has 0 unspecified atom stereocenters. The largest absolute Gasteiger partial charge is 0.359 e. The van der Waals surface area contributed by atoms with Crippen molar-refractivity contribution in [3.63, 3.8) is 0 Å². The van der Waals surface area contributed by atoms with Gasteiger partial charge in [-0.25, -0.2) is 4.39 Å². The molecular formula is C16H13FN2O. The van der Waals surface area contributed by atoms with Crippen molar-refractivity contribution < 1.29 is 9.18 Å². The molecule has 0 spiro atoms. The highest BCUT2D eigenvalue weighted by atomic mass is 19.1. The van der Waals surface area contributed by atoms with Crippen molar-refractivity contribution in [3.05, 3.63) is 65.6 Å². The molecule has 0 fully saturated rings. The number of benzene rings is 2. The van der Waals surface area contributed by atoms with Gasteiger partial charge >= 0.3 is 0 Å². The standard InChI is InChI=1S/C16H13FN2O/c1-10-9-12-14(18-10)7-4-8-15(12)19-16(20)11-5-2-3-6-13(11)17/h2-9,18H,1H3,(H,19,20). The second-order valence-electron chi connectivity index (χ2n) is 4.65. The molecule has 0 bridgehead atoms. The van der Waals surface area contributed by atoms with Crippen molar-refractivity contribution >= 4 is 22.5 Å². The molecule has 3 rings (SSSR count). The predicted molar refractivity (Wildman–Crippen MR) is 77.4 cm³/mol. The van der Waals surface area contributed by atoms with E-state index in [9.17, 15) is 9.18 Å². The van der Waals surface area contributed by atoms with Crippen molar-refractivity contribution in [1.29, 1.82) is 0 Å². The van der Waals surface area contributed by atoms with Crippen LogP contribution < -0.4 is 5.32 Å². The van der Waals surface area contributed by atoms with E-state index in [1.54, 1.807) is 18.2 Å². The van der Waals surface area contributed by atoms with Crippen molar-refractivity contribution in [1.82, 2.24) is 4.98 Å². The number of amides is 1. The molecule has 0 saturated carbocycles. The molecule has 1 aromatic heterocycles. The number of aromatic amines is 1. The van der Waals surface area contributed by atoms with Crippen LogP contribution in [0.4, 0.5) is 10.1 Å². The first kappa shape index (κ1) is 12.4. The number of carbonyl (C=O) groups excluding carboxylic acids is 1. The summed E-state index contributed by atoms with van der Waals surface area (Å²) in [5, 5.41) is 3.67. The summed E-state index contributed by atoms with van der Waals surface area (Å²) in [6, 6.07) is 13.5. The second-order valence-corrected chi connectivity index (χ2v) is 4.65. The Morgan fingerprint density at radius 2 is 1.95 bits per heavy atom. The number of aryl methyl sites for hydroxylation is 1. The molecule has 0 aliphatic carbocycles. The number of hydrogen-bond donors (Lipinski definition) is 2. The summed E-state index contributed by atoms with van der Waals surface area (Å²) < 4.78 is 13.6. The van der Waals surface area contributed by atoms with E-state index in [2.05, 4.69) is 10.3 Å². The van der Waals surface area contributed by atoms with Crippen molar-refractivity contribution in [3.8, 4) is 0 Å². The third-order valence-corrected chi connectivity index (χ3v) is 3.17.